The Labute approximate surface area is 93.9 Å². The SMILES string of the molecule is CNC(=O)C(C)n1c(C(C)C)n[nH]c1=S. The van der Waals surface area contributed by atoms with Gasteiger partial charge in [0.2, 0.25) is 5.91 Å². The van der Waals surface area contributed by atoms with Crippen molar-refractivity contribution >= 4 is 18.1 Å². The van der Waals surface area contributed by atoms with Gasteiger partial charge >= 0.3 is 0 Å². The zero-order valence-electron chi connectivity index (χ0n) is 9.37. The molecule has 1 unspecified atom stereocenters. The number of rotatable bonds is 3. The van der Waals surface area contributed by atoms with Crippen molar-refractivity contribution in [2.75, 3.05) is 7.05 Å². The van der Waals surface area contributed by atoms with Crippen LogP contribution in [0.3, 0.4) is 0 Å². The highest BCUT2D eigenvalue weighted by atomic mass is 32.1. The summed E-state index contributed by atoms with van der Waals surface area (Å²) in [6.45, 7) is 5.83. The van der Waals surface area contributed by atoms with Crippen molar-refractivity contribution in [2.45, 2.75) is 32.7 Å². The second kappa shape index (κ2) is 4.57. The predicted octanol–water partition coefficient (Wildman–Crippen LogP) is 1.37. The van der Waals surface area contributed by atoms with Crippen LogP contribution in [0.15, 0.2) is 0 Å². The summed E-state index contributed by atoms with van der Waals surface area (Å²) < 4.78 is 2.23. The molecule has 15 heavy (non-hydrogen) atoms. The average molecular weight is 228 g/mol. The second-order valence-electron chi connectivity index (χ2n) is 3.70. The van der Waals surface area contributed by atoms with Crippen molar-refractivity contribution in [1.82, 2.24) is 20.1 Å². The van der Waals surface area contributed by atoms with Gasteiger partial charge in [0.05, 0.1) is 0 Å². The number of H-pyrrole nitrogens is 1. The molecule has 1 rings (SSSR count). The van der Waals surface area contributed by atoms with Gasteiger partial charge in [-0.25, -0.2) is 0 Å². The van der Waals surface area contributed by atoms with Crippen LogP contribution in [-0.2, 0) is 4.79 Å². The number of nitrogens with one attached hydrogen (secondary N) is 2. The average Bonchev–Trinajstić information content (AvgIpc) is 2.58. The van der Waals surface area contributed by atoms with Gasteiger partial charge in [0, 0.05) is 13.0 Å². The Bertz CT molecular complexity index is 406. The van der Waals surface area contributed by atoms with Gasteiger partial charge in [-0.2, -0.15) is 5.10 Å². The molecule has 0 aliphatic rings. The van der Waals surface area contributed by atoms with E-state index in [9.17, 15) is 4.79 Å². The summed E-state index contributed by atoms with van der Waals surface area (Å²) in [7, 11) is 1.61. The number of carbonyl (C=O) groups is 1. The van der Waals surface area contributed by atoms with Gasteiger partial charge in [-0.1, -0.05) is 13.8 Å². The van der Waals surface area contributed by atoms with Gasteiger partial charge in [0.1, 0.15) is 11.9 Å². The number of likely N-dealkylation sites (N-methyl/N-ethyl adjacent to an activating group) is 1. The summed E-state index contributed by atoms with van der Waals surface area (Å²) in [5, 5.41) is 9.43. The van der Waals surface area contributed by atoms with Crippen molar-refractivity contribution in [3.8, 4) is 0 Å². The molecule has 5 nitrogen and oxygen atoms in total. The number of aromatic nitrogens is 3. The van der Waals surface area contributed by atoms with Gasteiger partial charge in [-0.3, -0.25) is 14.5 Å². The third-order valence-corrected chi connectivity index (χ3v) is 2.55. The van der Waals surface area contributed by atoms with E-state index in [2.05, 4.69) is 15.5 Å². The van der Waals surface area contributed by atoms with Crippen LogP contribution in [0.4, 0.5) is 0 Å². The molecular formula is C9H16N4OS. The maximum Gasteiger partial charge on any atom is 0.242 e. The molecule has 0 spiro atoms. The zero-order valence-corrected chi connectivity index (χ0v) is 10.2. The Morgan fingerprint density at radius 2 is 2.13 bits per heavy atom. The first-order valence-electron chi connectivity index (χ1n) is 4.87. The van der Waals surface area contributed by atoms with E-state index in [-0.39, 0.29) is 17.9 Å². The number of hydrogen-bond donors (Lipinski definition) is 2. The van der Waals surface area contributed by atoms with E-state index >= 15 is 0 Å². The Hall–Kier alpha value is -1.17. The van der Waals surface area contributed by atoms with E-state index in [1.165, 1.54) is 0 Å². The maximum atomic E-state index is 11.5. The number of aromatic amines is 1. The lowest BCUT2D eigenvalue weighted by molar-refractivity contribution is -0.123. The van der Waals surface area contributed by atoms with Crippen molar-refractivity contribution in [2.24, 2.45) is 0 Å². The van der Waals surface area contributed by atoms with Crippen LogP contribution >= 0.6 is 12.2 Å². The van der Waals surface area contributed by atoms with Gasteiger partial charge in [-0.05, 0) is 19.1 Å². The van der Waals surface area contributed by atoms with Crippen LogP contribution in [0, 0.1) is 4.77 Å². The van der Waals surface area contributed by atoms with E-state index in [0.29, 0.717) is 4.77 Å². The fourth-order valence-corrected chi connectivity index (χ4v) is 1.72. The number of nitrogens with zero attached hydrogens (tertiary/aromatic N) is 2. The molecular weight excluding hydrogens is 212 g/mol. The quantitative estimate of drug-likeness (QED) is 0.768. The van der Waals surface area contributed by atoms with Gasteiger partial charge in [-0.15, -0.1) is 0 Å². The van der Waals surface area contributed by atoms with E-state index in [0.717, 1.165) is 5.82 Å². The monoisotopic (exact) mass is 228 g/mol. The topological polar surface area (TPSA) is 62.7 Å². The highest BCUT2D eigenvalue weighted by Crippen LogP contribution is 2.17. The molecule has 0 fully saturated rings. The third-order valence-electron chi connectivity index (χ3n) is 2.26. The Morgan fingerprint density at radius 3 is 2.60 bits per heavy atom. The molecule has 84 valence electrons. The summed E-state index contributed by atoms with van der Waals surface area (Å²) in [6, 6.07) is -0.335. The van der Waals surface area contributed by atoms with Gasteiger partial charge < -0.3 is 5.32 Å². The zero-order chi connectivity index (χ0) is 11.6. The molecule has 1 atom stereocenters. The van der Waals surface area contributed by atoms with Crippen molar-refractivity contribution in [3.05, 3.63) is 10.6 Å². The first-order chi connectivity index (χ1) is 6.99. The van der Waals surface area contributed by atoms with E-state index in [4.69, 9.17) is 12.2 Å². The van der Waals surface area contributed by atoms with Crippen LogP contribution in [0.25, 0.3) is 0 Å². The first-order valence-corrected chi connectivity index (χ1v) is 5.28. The summed E-state index contributed by atoms with van der Waals surface area (Å²) >= 11 is 5.10. The molecule has 6 heteroatoms. The molecule has 0 aliphatic carbocycles. The standard InChI is InChI=1S/C9H16N4OS/c1-5(2)7-11-12-9(15)13(7)6(3)8(14)10-4/h5-6H,1-4H3,(H,10,14)(H,12,15). The maximum absolute atomic E-state index is 11.5. The predicted molar refractivity (Wildman–Crippen MR) is 60.3 cm³/mol. The summed E-state index contributed by atoms with van der Waals surface area (Å²) in [5.74, 6) is 0.954. The van der Waals surface area contributed by atoms with Crippen LogP contribution in [-0.4, -0.2) is 27.7 Å². The summed E-state index contributed by atoms with van der Waals surface area (Å²) in [5.41, 5.74) is 0. The lowest BCUT2D eigenvalue weighted by atomic mass is 10.2. The molecule has 0 aromatic carbocycles. The molecule has 2 N–H and O–H groups in total. The molecule has 0 saturated heterocycles. The lowest BCUT2D eigenvalue weighted by Gasteiger charge is -2.15. The molecule has 1 aromatic heterocycles. The molecule has 1 aromatic rings. The molecule has 0 radical (unpaired) electrons. The third kappa shape index (κ3) is 2.26. The van der Waals surface area contributed by atoms with Crippen LogP contribution < -0.4 is 5.32 Å². The van der Waals surface area contributed by atoms with E-state index in [1.807, 2.05) is 13.8 Å². The van der Waals surface area contributed by atoms with Crippen LogP contribution in [0.2, 0.25) is 0 Å². The van der Waals surface area contributed by atoms with Crippen molar-refractivity contribution in [3.63, 3.8) is 0 Å². The minimum atomic E-state index is -0.335. The molecule has 0 saturated carbocycles. The molecule has 0 aliphatic heterocycles. The number of amides is 1. The van der Waals surface area contributed by atoms with Crippen molar-refractivity contribution < 1.29 is 4.79 Å². The molecule has 1 amide bonds. The van der Waals surface area contributed by atoms with Crippen LogP contribution in [0.1, 0.15) is 38.6 Å². The van der Waals surface area contributed by atoms with Crippen LogP contribution in [0.5, 0.6) is 0 Å². The van der Waals surface area contributed by atoms with Gasteiger partial charge in [0.15, 0.2) is 4.77 Å². The molecule has 1 heterocycles. The Morgan fingerprint density at radius 1 is 1.53 bits per heavy atom. The lowest BCUT2D eigenvalue weighted by Crippen LogP contribution is -2.29. The first kappa shape index (κ1) is 11.9. The number of hydrogen-bond acceptors (Lipinski definition) is 3. The smallest absolute Gasteiger partial charge is 0.242 e. The fourth-order valence-electron chi connectivity index (χ4n) is 1.42. The fraction of sp³-hybridized carbons (Fsp3) is 0.667. The highest BCUT2D eigenvalue weighted by Gasteiger charge is 2.19. The molecule has 0 bridgehead atoms. The minimum Gasteiger partial charge on any atom is -0.357 e. The Kier molecular flexibility index (Phi) is 3.62. The summed E-state index contributed by atoms with van der Waals surface area (Å²) in [6.07, 6.45) is 0. The second-order valence-corrected chi connectivity index (χ2v) is 4.09. The van der Waals surface area contributed by atoms with E-state index in [1.54, 1.807) is 18.5 Å². The van der Waals surface area contributed by atoms with Gasteiger partial charge in [0.25, 0.3) is 0 Å². The van der Waals surface area contributed by atoms with E-state index < -0.39 is 0 Å². The Balaban J connectivity index is 3.17. The van der Waals surface area contributed by atoms with Crippen molar-refractivity contribution in [1.29, 1.82) is 0 Å². The normalized spacial score (nSPS) is 12.9. The minimum absolute atomic E-state index is 0.0746. The highest BCUT2D eigenvalue weighted by molar-refractivity contribution is 7.71. The largest absolute Gasteiger partial charge is 0.357 e. The summed E-state index contributed by atoms with van der Waals surface area (Å²) in [4.78, 5) is 11.5. The number of carbonyl (C=O) groups excluding carboxylic acids is 1.